The minimum atomic E-state index is -0.211. The molecule has 0 aromatic rings. The van der Waals surface area contributed by atoms with E-state index in [1.54, 1.807) is 0 Å². The van der Waals surface area contributed by atoms with E-state index in [0.717, 1.165) is 32.1 Å². The summed E-state index contributed by atoms with van der Waals surface area (Å²) in [4.78, 5) is 11.6. The predicted molar refractivity (Wildman–Crippen MR) is 113 cm³/mol. The third kappa shape index (κ3) is 3.46. The van der Waals surface area contributed by atoms with Crippen molar-refractivity contribution >= 4 is 5.97 Å². The van der Waals surface area contributed by atoms with Crippen LogP contribution in [0.4, 0.5) is 0 Å². The fourth-order valence-electron chi connectivity index (χ4n) is 8.82. The molecule has 29 heavy (non-hydrogen) atoms. The van der Waals surface area contributed by atoms with E-state index in [1.165, 1.54) is 32.8 Å². The first kappa shape index (κ1) is 21.6. The molecule has 4 aliphatic carbocycles. The molecule has 2 N–H and O–H groups in total. The van der Waals surface area contributed by atoms with Crippen LogP contribution in [0.15, 0.2) is 0 Å². The number of rotatable bonds is 4. The Morgan fingerprint density at radius 2 is 1.72 bits per heavy atom. The zero-order valence-corrected chi connectivity index (χ0v) is 18.9. The fourth-order valence-corrected chi connectivity index (χ4v) is 8.82. The first-order chi connectivity index (χ1) is 13.7. The van der Waals surface area contributed by atoms with Crippen molar-refractivity contribution in [3.05, 3.63) is 0 Å². The van der Waals surface area contributed by atoms with Gasteiger partial charge >= 0.3 is 5.97 Å². The van der Waals surface area contributed by atoms with Crippen molar-refractivity contribution in [1.82, 2.24) is 0 Å². The zero-order valence-electron chi connectivity index (χ0n) is 18.9. The Morgan fingerprint density at radius 1 is 1.03 bits per heavy atom. The van der Waals surface area contributed by atoms with Gasteiger partial charge in [-0.1, -0.05) is 20.8 Å². The molecule has 4 saturated carbocycles. The lowest BCUT2D eigenvalue weighted by Crippen LogP contribution is -2.58. The maximum absolute atomic E-state index is 11.6. The average Bonchev–Trinajstić information content (AvgIpc) is 3.04. The molecule has 0 aromatic heterocycles. The molecule has 0 spiro atoms. The van der Waals surface area contributed by atoms with Gasteiger partial charge in [0.1, 0.15) is 0 Å². The van der Waals surface area contributed by atoms with Gasteiger partial charge in [0.25, 0.3) is 0 Å². The van der Waals surface area contributed by atoms with Gasteiger partial charge in [-0.2, -0.15) is 0 Å². The van der Waals surface area contributed by atoms with Crippen molar-refractivity contribution in [2.75, 3.05) is 7.11 Å². The highest BCUT2D eigenvalue weighted by atomic mass is 16.5. The lowest BCUT2D eigenvalue weighted by atomic mass is 9.43. The van der Waals surface area contributed by atoms with Crippen LogP contribution in [0.5, 0.6) is 0 Å². The van der Waals surface area contributed by atoms with E-state index >= 15 is 0 Å². The molecule has 10 atom stereocenters. The van der Waals surface area contributed by atoms with E-state index in [1.807, 2.05) is 0 Å². The number of fused-ring (bicyclic) bond motifs is 5. The maximum atomic E-state index is 11.6. The second-order valence-corrected chi connectivity index (χ2v) is 11.5. The van der Waals surface area contributed by atoms with Crippen molar-refractivity contribution < 1.29 is 19.7 Å². The van der Waals surface area contributed by atoms with E-state index in [4.69, 9.17) is 4.74 Å². The molecule has 4 fully saturated rings. The van der Waals surface area contributed by atoms with Crippen LogP contribution in [-0.4, -0.2) is 35.5 Å². The highest BCUT2D eigenvalue weighted by Gasteiger charge is 2.62. The smallest absolute Gasteiger partial charge is 0.305 e. The van der Waals surface area contributed by atoms with E-state index in [2.05, 4.69) is 20.8 Å². The molecule has 0 aliphatic heterocycles. The van der Waals surface area contributed by atoms with Crippen LogP contribution in [-0.2, 0) is 9.53 Å². The minimum Gasteiger partial charge on any atom is -0.469 e. The molecule has 166 valence electrons. The van der Waals surface area contributed by atoms with Gasteiger partial charge in [0.15, 0.2) is 0 Å². The lowest BCUT2D eigenvalue weighted by Gasteiger charge is -2.62. The Hall–Kier alpha value is -0.610. The molecule has 0 radical (unpaired) electrons. The number of aliphatic hydroxyl groups is 2. The van der Waals surface area contributed by atoms with Crippen LogP contribution in [0.25, 0.3) is 0 Å². The Balaban J connectivity index is 1.53. The highest BCUT2D eigenvalue weighted by molar-refractivity contribution is 5.69. The summed E-state index contributed by atoms with van der Waals surface area (Å²) < 4.78 is 4.86. The monoisotopic (exact) mass is 406 g/mol. The molecular weight excluding hydrogens is 364 g/mol. The number of methoxy groups -OCH3 is 1. The Kier molecular flexibility index (Phi) is 5.83. The molecule has 0 aromatic carbocycles. The Morgan fingerprint density at radius 3 is 2.45 bits per heavy atom. The van der Waals surface area contributed by atoms with Gasteiger partial charge < -0.3 is 14.9 Å². The second-order valence-electron chi connectivity index (χ2n) is 11.5. The van der Waals surface area contributed by atoms with Crippen molar-refractivity contribution in [2.45, 2.75) is 97.2 Å². The summed E-state index contributed by atoms with van der Waals surface area (Å²) in [5, 5.41) is 21.5. The fraction of sp³-hybridized carbons (Fsp3) is 0.960. The summed E-state index contributed by atoms with van der Waals surface area (Å²) in [7, 11) is 1.48. The molecule has 4 aliphatic rings. The summed E-state index contributed by atoms with van der Waals surface area (Å²) in [5.74, 6) is 3.17. The number of hydrogen-bond acceptors (Lipinski definition) is 4. The molecule has 4 heteroatoms. The van der Waals surface area contributed by atoms with Crippen molar-refractivity contribution in [3.63, 3.8) is 0 Å². The maximum Gasteiger partial charge on any atom is 0.305 e. The summed E-state index contributed by atoms with van der Waals surface area (Å²) in [6.07, 6.45) is 9.80. The standard InChI is InChI=1S/C25H42O4/c1-15(5-8-22(28)29-4)18-6-7-19-23-20(10-12-25(18,19)3)24(2)11-9-17(26)13-16(24)14-21(23)27/h15-21,23,26-27H,5-14H2,1-4H3/t15-,16?,17-,18-,19?,20?,21+,23+,24+,25-/m1/s1. The van der Waals surface area contributed by atoms with Crippen LogP contribution in [0, 0.1) is 46.3 Å². The SMILES string of the molecule is COC(=O)CC[C@@H](C)[C@H]1CCC2[C@H]3C(CC[C@@]21C)[C@@]1(C)CC[C@@H](O)CC1C[C@@H]3O. The van der Waals surface area contributed by atoms with Crippen LogP contribution in [0.1, 0.15) is 85.0 Å². The van der Waals surface area contributed by atoms with Crippen LogP contribution in [0.3, 0.4) is 0 Å². The van der Waals surface area contributed by atoms with Crippen LogP contribution >= 0.6 is 0 Å². The predicted octanol–water partition coefficient (Wildman–Crippen LogP) is 4.57. The largest absolute Gasteiger partial charge is 0.469 e. The number of ether oxygens (including phenoxy) is 1. The van der Waals surface area contributed by atoms with Crippen LogP contribution in [0.2, 0.25) is 0 Å². The quantitative estimate of drug-likeness (QED) is 0.671. The molecule has 0 bridgehead atoms. The van der Waals surface area contributed by atoms with E-state index in [9.17, 15) is 15.0 Å². The van der Waals surface area contributed by atoms with E-state index in [0.29, 0.717) is 47.3 Å². The third-order valence-corrected chi connectivity index (χ3v) is 10.4. The summed E-state index contributed by atoms with van der Waals surface area (Å²) in [6.45, 7) is 7.29. The summed E-state index contributed by atoms with van der Waals surface area (Å²) >= 11 is 0. The molecule has 3 unspecified atom stereocenters. The Labute approximate surface area is 176 Å². The van der Waals surface area contributed by atoms with Gasteiger partial charge in [0, 0.05) is 6.42 Å². The van der Waals surface area contributed by atoms with Crippen LogP contribution < -0.4 is 0 Å². The minimum absolute atomic E-state index is 0.0959. The van der Waals surface area contributed by atoms with Gasteiger partial charge in [-0.05, 0) is 104 Å². The van der Waals surface area contributed by atoms with Gasteiger partial charge in [0.05, 0.1) is 19.3 Å². The number of aliphatic hydroxyl groups excluding tert-OH is 2. The summed E-state index contributed by atoms with van der Waals surface area (Å²) in [5.41, 5.74) is 0.577. The lowest BCUT2D eigenvalue weighted by molar-refractivity contribution is -0.174. The molecule has 0 amide bonds. The van der Waals surface area contributed by atoms with Gasteiger partial charge in [-0.3, -0.25) is 4.79 Å². The zero-order chi connectivity index (χ0) is 21.0. The normalized spacial score (nSPS) is 50.2. The van der Waals surface area contributed by atoms with Crippen molar-refractivity contribution in [1.29, 1.82) is 0 Å². The molecular formula is C25H42O4. The number of carbonyl (C=O) groups excluding carboxylic acids is 1. The molecule has 4 nitrogen and oxygen atoms in total. The van der Waals surface area contributed by atoms with Gasteiger partial charge in [-0.25, -0.2) is 0 Å². The average molecular weight is 407 g/mol. The van der Waals surface area contributed by atoms with Gasteiger partial charge in [0.2, 0.25) is 0 Å². The topological polar surface area (TPSA) is 66.8 Å². The second kappa shape index (κ2) is 7.82. The first-order valence-corrected chi connectivity index (χ1v) is 12.1. The van der Waals surface area contributed by atoms with E-state index < -0.39 is 0 Å². The number of esters is 1. The number of carbonyl (C=O) groups is 1. The molecule has 0 saturated heterocycles. The molecule has 4 rings (SSSR count). The van der Waals surface area contributed by atoms with Crippen molar-refractivity contribution in [2.24, 2.45) is 46.3 Å². The number of hydrogen-bond donors (Lipinski definition) is 2. The molecule has 0 heterocycles. The summed E-state index contributed by atoms with van der Waals surface area (Å²) in [6, 6.07) is 0. The highest BCUT2D eigenvalue weighted by Crippen LogP contribution is 2.68. The Bertz CT molecular complexity index is 620. The van der Waals surface area contributed by atoms with E-state index in [-0.39, 0.29) is 23.6 Å². The van der Waals surface area contributed by atoms with Crippen molar-refractivity contribution in [3.8, 4) is 0 Å². The third-order valence-electron chi connectivity index (χ3n) is 10.4. The van der Waals surface area contributed by atoms with Gasteiger partial charge in [-0.15, -0.1) is 0 Å². The first-order valence-electron chi connectivity index (χ1n) is 12.1.